The van der Waals surface area contributed by atoms with E-state index in [1.54, 1.807) is 6.08 Å². The van der Waals surface area contributed by atoms with Crippen molar-refractivity contribution >= 4 is 11.9 Å². The van der Waals surface area contributed by atoms with Crippen LogP contribution in [0.5, 0.6) is 0 Å². The first-order valence-corrected chi connectivity index (χ1v) is 10.8. The van der Waals surface area contributed by atoms with Crippen molar-refractivity contribution in [1.29, 1.82) is 0 Å². The molecule has 0 saturated heterocycles. The summed E-state index contributed by atoms with van der Waals surface area (Å²) < 4.78 is 0. The molecule has 0 fully saturated rings. The summed E-state index contributed by atoms with van der Waals surface area (Å²) in [4.78, 5) is 22.8. The molecule has 0 heterocycles. The van der Waals surface area contributed by atoms with Crippen molar-refractivity contribution in [2.24, 2.45) is 5.18 Å². The van der Waals surface area contributed by atoms with E-state index in [0.29, 0.717) is 11.6 Å². The number of nitrogens with zero attached hydrogens (tertiary/aromatic N) is 1. The van der Waals surface area contributed by atoms with E-state index in [2.05, 4.69) is 72.2 Å². The Labute approximate surface area is 184 Å². The van der Waals surface area contributed by atoms with Crippen LogP contribution in [0.1, 0.15) is 49.3 Å². The third-order valence-electron chi connectivity index (χ3n) is 5.46. The van der Waals surface area contributed by atoms with Crippen molar-refractivity contribution in [2.45, 2.75) is 52.1 Å². The molecule has 4 heteroatoms. The maximum absolute atomic E-state index is 12.3. The second kappa shape index (κ2) is 11.2. The Morgan fingerprint density at radius 1 is 1.23 bits per heavy atom. The molecule has 2 aliphatic rings. The van der Waals surface area contributed by atoms with Gasteiger partial charge >= 0.3 is 0 Å². The normalized spacial score (nSPS) is 16.1. The Kier molecular flexibility index (Phi) is 8.09. The lowest BCUT2D eigenvalue weighted by atomic mass is 9.97. The molecule has 0 aliphatic heterocycles. The highest BCUT2D eigenvalue weighted by Crippen LogP contribution is 2.18. The topological polar surface area (TPSA) is 58.5 Å². The third-order valence-corrected chi connectivity index (χ3v) is 5.46. The van der Waals surface area contributed by atoms with Crippen LogP contribution in [0, 0.1) is 11.8 Å². The van der Waals surface area contributed by atoms with Crippen LogP contribution in [-0.4, -0.2) is 11.8 Å². The first-order chi connectivity index (χ1) is 15.1. The third kappa shape index (κ3) is 6.34. The van der Waals surface area contributed by atoms with Gasteiger partial charge in [0.05, 0.1) is 5.57 Å². The maximum Gasteiger partial charge on any atom is 0.175 e. The van der Waals surface area contributed by atoms with Crippen LogP contribution in [0.25, 0.3) is 6.08 Å². The first-order valence-electron chi connectivity index (χ1n) is 10.8. The minimum Gasteiger partial charge on any atom is -0.306 e. The van der Waals surface area contributed by atoms with E-state index in [-0.39, 0.29) is 17.9 Å². The van der Waals surface area contributed by atoms with E-state index in [1.807, 2.05) is 12.2 Å². The van der Waals surface area contributed by atoms with Gasteiger partial charge in [-0.25, -0.2) is 0 Å². The molecule has 0 bridgehead atoms. The molecule has 0 radical (unpaired) electrons. The van der Waals surface area contributed by atoms with E-state index < -0.39 is 0 Å². The predicted octanol–water partition coefficient (Wildman–Crippen LogP) is 6.01. The van der Waals surface area contributed by atoms with Gasteiger partial charge in [0.2, 0.25) is 0 Å². The van der Waals surface area contributed by atoms with Crippen molar-refractivity contribution in [1.82, 2.24) is 5.32 Å². The van der Waals surface area contributed by atoms with E-state index in [0.717, 1.165) is 31.4 Å². The molecule has 0 saturated carbocycles. The molecule has 1 aromatic rings. The number of nitrogens with one attached hydrogen (secondary N) is 1. The van der Waals surface area contributed by atoms with Crippen molar-refractivity contribution < 1.29 is 4.79 Å². The van der Waals surface area contributed by atoms with Crippen LogP contribution < -0.4 is 5.32 Å². The summed E-state index contributed by atoms with van der Waals surface area (Å²) in [6.07, 6.45) is 17.3. The van der Waals surface area contributed by atoms with Gasteiger partial charge in [-0.3, -0.25) is 4.79 Å². The van der Waals surface area contributed by atoms with Crippen LogP contribution in [0.15, 0.2) is 88.1 Å². The van der Waals surface area contributed by atoms with E-state index in [1.165, 1.54) is 22.8 Å². The molecule has 0 spiro atoms. The monoisotopic (exact) mass is 412 g/mol. The summed E-state index contributed by atoms with van der Waals surface area (Å²) in [5.41, 5.74) is 10.7. The zero-order valence-electron chi connectivity index (χ0n) is 18.2. The van der Waals surface area contributed by atoms with Crippen molar-refractivity contribution in [3.8, 4) is 0 Å². The number of nitroso groups, excluding NO2 is 1. The number of hydrogen-bond donors (Lipinski definition) is 1. The van der Waals surface area contributed by atoms with E-state index in [9.17, 15) is 9.70 Å². The van der Waals surface area contributed by atoms with Crippen molar-refractivity contribution in [3.63, 3.8) is 0 Å². The fraction of sp³-hybridized carbons (Fsp3) is 0.296. The zero-order chi connectivity index (χ0) is 22.1. The lowest BCUT2D eigenvalue weighted by Crippen LogP contribution is -2.29. The molecule has 2 aliphatic carbocycles. The van der Waals surface area contributed by atoms with Crippen LogP contribution in [0.2, 0.25) is 0 Å². The number of rotatable bonds is 10. The SMILES string of the molecule is CCC(NCc1ccc(C)c(/C=C\CC(=O)C2=C=C=C(N=O)C=C2)c1)C1=CCCC=C1. The number of Topliss-reactive ketones (excluding diaryl/α,β-unsaturated/α-hetero) is 1. The van der Waals surface area contributed by atoms with Gasteiger partial charge in [0, 0.05) is 19.0 Å². The van der Waals surface area contributed by atoms with Gasteiger partial charge in [-0.15, -0.1) is 4.91 Å². The zero-order valence-corrected chi connectivity index (χ0v) is 18.2. The molecule has 4 nitrogen and oxygen atoms in total. The second-order valence-electron chi connectivity index (χ2n) is 7.72. The van der Waals surface area contributed by atoms with E-state index in [4.69, 9.17) is 0 Å². The minimum absolute atomic E-state index is 0.0694. The molecule has 1 unspecified atom stereocenters. The number of hydrogen-bond acceptors (Lipinski definition) is 4. The van der Waals surface area contributed by atoms with Gasteiger partial charge in [0.1, 0.15) is 0 Å². The minimum atomic E-state index is -0.0694. The van der Waals surface area contributed by atoms with Crippen LogP contribution in [-0.2, 0) is 11.3 Å². The lowest BCUT2D eigenvalue weighted by Gasteiger charge is -2.20. The average Bonchev–Trinajstić information content (AvgIpc) is 2.82. The predicted molar refractivity (Wildman–Crippen MR) is 126 cm³/mol. The number of benzene rings is 1. The summed E-state index contributed by atoms with van der Waals surface area (Å²) in [7, 11) is 0. The smallest absolute Gasteiger partial charge is 0.175 e. The molecule has 1 N–H and O–H groups in total. The Morgan fingerprint density at radius 2 is 2.10 bits per heavy atom. The Bertz CT molecular complexity index is 1070. The van der Waals surface area contributed by atoms with Gasteiger partial charge < -0.3 is 5.32 Å². The molecule has 0 amide bonds. The Balaban J connectivity index is 1.62. The molecular weight excluding hydrogens is 384 g/mol. The molecule has 158 valence electrons. The van der Waals surface area contributed by atoms with Crippen molar-refractivity contribution in [2.75, 3.05) is 0 Å². The second-order valence-corrected chi connectivity index (χ2v) is 7.72. The molecule has 1 atom stereocenters. The number of aryl methyl sites for hydroxylation is 1. The van der Waals surface area contributed by atoms with Gasteiger partial charge in [-0.2, -0.15) is 0 Å². The maximum atomic E-state index is 12.3. The van der Waals surface area contributed by atoms with Crippen LogP contribution in [0.4, 0.5) is 0 Å². The standard InChI is InChI=1S/C27H28N2O2/c1-3-26(22-8-5-4-6-9-22)28-19-21-13-12-20(2)24(18-21)10-7-11-27(30)23-14-16-25(29-31)17-15-23/h5,7-10,12-14,16,18,26,28H,3-4,6,11,19H2,1-2H3/b10-7-. The van der Waals surface area contributed by atoms with Gasteiger partial charge in [0.15, 0.2) is 11.5 Å². The van der Waals surface area contributed by atoms with Gasteiger partial charge in [0.25, 0.3) is 0 Å². The summed E-state index contributed by atoms with van der Waals surface area (Å²) in [5.74, 6) is -0.0694. The summed E-state index contributed by atoms with van der Waals surface area (Å²) in [6, 6.07) is 6.80. The lowest BCUT2D eigenvalue weighted by molar-refractivity contribution is -0.114. The quantitative estimate of drug-likeness (QED) is 0.378. The number of allylic oxidation sites excluding steroid dienone is 6. The Hall–Kier alpha value is -3.29. The van der Waals surface area contributed by atoms with Gasteiger partial charge in [-0.1, -0.05) is 61.2 Å². The highest BCUT2D eigenvalue weighted by molar-refractivity contribution is 5.99. The molecule has 1 aromatic carbocycles. The molecule has 0 aromatic heterocycles. The Morgan fingerprint density at radius 3 is 2.77 bits per heavy atom. The molecular formula is C27H28N2O2. The molecule has 31 heavy (non-hydrogen) atoms. The average molecular weight is 413 g/mol. The number of carbonyl (C=O) groups excluding carboxylic acids is 1. The highest BCUT2D eigenvalue weighted by atomic mass is 16.3. The summed E-state index contributed by atoms with van der Waals surface area (Å²) in [5, 5.41) is 6.45. The van der Waals surface area contributed by atoms with E-state index >= 15 is 0 Å². The fourth-order valence-corrected chi connectivity index (χ4v) is 3.61. The van der Waals surface area contributed by atoms with Gasteiger partial charge in [-0.05, 0) is 71.5 Å². The van der Waals surface area contributed by atoms with Crippen LogP contribution >= 0.6 is 0 Å². The summed E-state index contributed by atoms with van der Waals surface area (Å²) in [6.45, 7) is 5.07. The number of carbonyl (C=O) groups is 1. The number of ketones is 1. The highest BCUT2D eigenvalue weighted by Gasteiger charge is 2.11. The first kappa shape index (κ1) is 22.4. The summed E-state index contributed by atoms with van der Waals surface area (Å²) >= 11 is 0. The van der Waals surface area contributed by atoms with Crippen LogP contribution in [0.3, 0.4) is 0 Å². The van der Waals surface area contributed by atoms with Crippen molar-refractivity contribution in [3.05, 3.63) is 105 Å². The fourth-order valence-electron chi connectivity index (χ4n) is 3.61. The largest absolute Gasteiger partial charge is 0.306 e. The molecule has 3 rings (SSSR count).